The molecule has 0 bridgehead atoms. The SMILES string of the molecule is O=C(c1ccon1)n1nc(-c2ccc(C#Cc3ccccc3)n(Cc3ccoc3)c2=O)c(F)c1NCc1ccc(Cl)s1. The van der Waals surface area contributed by atoms with Gasteiger partial charge in [0.2, 0.25) is 0 Å². The Labute approximate surface area is 246 Å². The lowest BCUT2D eigenvalue weighted by molar-refractivity contribution is 0.0938. The number of hydrogen-bond acceptors (Lipinski definition) is 8. The highest BCUT2D eigenvalue weighted by Crippen LogP contribution is 2.28. The normalized spacial score (nSPS) is 10.8. The number of hydrogen-bond donors (Lipinski definition) is 1. The van der Waals surface area contributed by atoms with E-state index < -0.39 is 17.3 Å². The van der Waals surface area contributed by atoms with Crippen LogP contribution in [0.2, 0.25) is 4.34 Å². The quantitative estimate of drug-likeness (QED) is 0.228. The van der Waals surface area contributed by atoms with Crippen molar-refractivity contribution in [2.75, 3.05) is 5.32 Å². The highest BCUT2D eigenvalue weighted by Gasteiger charge is 2.27. The van der Waals surface area contributed by atoms with E-state index in [9.17, 15) is 9.59 Å². The molecule has 0 aliphatic heterocycles. The van der Waals surface area contributed by atoms with Crippen LogP contribution < -0.4 is 10.9 Å². The van der Waals surface area contributed by atoms with E-state index in [1.165, 1.54) is 46.8 Å². The lowest BCUT2D eigenvalue weighted by Crippen LogP contribution is -2.25. The molecule has 42 heavy (non-hydrogen) atoms. The molecule has 12 heteroatoms. The number of rotatable bonds is 7. The van der Waals surface area contributed by atoms with Gasteiger partial charge in [-0.3, -0.25) is 14.2 Å². The van der Waals surface area contributed by atoms with Crippen LogP contribution in [0.4, 0.5) is 10.2 Å². The first-order valence-electron chi connectivity index (χ1n) is 12.5. The van der Waals surface area contributed by atoms with Crippen molar-refractivity contribution in [1.29, 1.82) is 0 Å². The number of nitrogens with one attached hydrogen (secondary N) is 1. The number of nitrogens with zero attached hydrogens (tertiary/aromatic N) is 4. The summed E-state index contributed by atoms with van der Waals surface area (Å²) in [7, 11) is 0. The Morgan fingerprint density at radius 1 is 1.05 bits per heavy atom. The summed E-state index contributed by atoms with van der Waals surface area (Å²) in [5, 5.41) is 10.8. The lowest BCUT2D eigenvalue weighted by atomic mass is 10.1. The third-order valence-corrected chi connectivity index (χ3v) is 7.43. The van der Waals surface area contributed by atoms with E-state index in [0.29, 0.717) is 15.6 Å². The monoisotopic (exact) mass is 599 g/mol. The lowest BCUT2D eigenvalue weighted by Gasteiger charge is -2.09. The Morgan fingerprint density at radius 3 is 2.62 bits per heavy atom. The first-order valence-corrected chi connectivity index (χ1v) is 13.7. The van der Waals surface area contributed by atoms with E-state index in [1.54, 1.807) is 24.3 Å². The minimum Gasteiger partial charge on any atom is -0.472 e. The molecule has 0 saturated heterocycles. The van der Waals surface area contributed by atoms with Crippen LogP contribution in [0.5, 0.6) is 0 Å². The highest BCUT2D eigenvalue weighted by molar-refractivity contribution is 7.16. The third-order valence-electron chi connectivity index (χ3n) is 6.19. The molecular formula is C30H19ClFN5O4S. The van der Waals surface area contributed by atoms with Crippen LogP contribution in [0.25, 0.3) is 11.3 Å². The molecular weight excluding hydrogens is 581 g/mol. The molecule has 1 aromatic carbocycles. The van der Waals surface area contributed by atoms with Crippen LogP contribution in [0, 0.1) is 17.7 Å². The van der Waals surface area contributed by atoms with Crippen LogP contribution in [0.1, 0.15) is 32.2 Å². The third kappa shape index (κ3) is 5.54. The molecule has 0 unspecified atom stereocenters. The van der Waals surface area contributed by atoms with Crippen molar-refractivity contribution in [3.05, 3.63) is 133 Å². The average Bonchev–Trinajstić information content (AvgIpc) is 3.82. The minimum atomic E-state index is -0.885. The molecule has 0 aliphatic rings. The van der Waals surface area contributed by atoms with E-state index in [2.05, 4.69) is 27.4 Å². The van der Waals surface area contributed by atoms with Gasteiger partial charge in [-0.2, -0.15) is 9.78 Å². The van der Waals surface area contributed by atoms with Crippen LogP contribution >= 0.6 is 22.9 Å². The molecule has 0 fully saturated rings. The molecule has 0 atom stereocenters. The van der Waals surface area contributed by atoms with Crippen LogP contribution in [-0.2, 0) is 13.1 Å². The molecule has 5 heterocycles. The van der Waals surface area contributed by atoms with E-state index in [1.807, 2.05) is 30.3 Å². The van der Waals surface area contributed by atoms with Gasteiger partial charge < -0.3 is 14.3 Å². The zero-order chi connectivity index (χ0) is 29.1. The number of pyridine rings is 1. The Kier molecular flexibility index (Phi) is 7.55. The molecule has 5 aromatic heterocycles. The van der Waals surface area contributed by atoms with Crippen molar-refractivity contribution < 1.29 is 18.1 Å². The molecule has 208 valence electrons. The van der Waals surface area contributed by atoms with E-state index in [0.717, 1.165) is 15.1 Å². The molecule has 0 saturated carbocycles. The molecule has 0 spiro atoms. The summed E-state index contributed by atoms with van der Waals surface area (Å²) in [4.78, 5) is 27.9. The van der Waals surface area contributed by atoms with Crippen molar-refractivity contribution in [2.45, 2.75) is 13.1 Å². The van der Waals surface area contributed by atoms with Gasteiger partial charge in [0.1, 0.15) is 12.0 Å². The minimum absolute atomic E-state index is 0.0600. The zero-order valence-electron chi connectivity index (χ0n) is 21.6. The second kappa shape index (κ2) is 11.7. The maximum Gasteiger partial charge on any atom is 0.302 e. The molecule has 1 N–H and O–H groups in total. The van der Waals surface area contributed by atoms with Crippen molar-refractivity contribution in [3.63, 3.8) is 0 Å². The van der Waals surface area contributed by atoms with Gasteiger partial charge in [-0.15, -0.1) is 11.3 Å². The fraction of sp³-hybridized carbons (Fsp3) is 0.0667. The number of carbonyl (C=O) groups is 1. The summed E-state index contributed by atoms with van der Waals surface area (Å²) in [6.07, 6.45) is 4.23. The summed E-state index contributed by atoms with van der Waals surface area (Å²) in [6, 6.07) is 18.9. The first-order chi connectivity index (χ1) is 20.5. The fourth-order valence-corrected chi connectivity index (χ4v) is 5.19. The van der Waals surface area contributed by atoms with Crippen molar-refractivity contribution in [3.8, 4) is 23.1 Å². The smallest absolute Gasteiger partial charge is 0.302 e. The number of furan rings is 1. The Bertz CT molecular complexity index is 1980. The summed E-state index contributed by atoms with van der Waals surface area (Å²) >= 11 is 7.34. The van der Waals surface area contributed by atoms with Gasteiger partial charge in [-0.25, -0.2) is 4.39 Å². The molecule has 6 rings (SSSR count). The number of thiophene rings is 1. The number of halogens is 2. The second-order valence-electron chi connectivity index (χ2n) is 8.94. The molecule has 0 amide bonds. The summed E-state index contributed by atoms with van der Waals surface area (Å²) in [5.41, 5.74) is 0.867. The zero-order valence-corrected chi connectivity index (χ0v) is 23.2. The standard InChI is InChI=1S/C30H19ClFN5O4S/c31-25-11-9-22(42-25)16-33-28-26(32)27(34-37(28)30(39)24-13-15-41-35-24)23-10-8-21(7-6-19-4-2-1-3-5-19)36(29(23)38)17-20-12-14-40-18-20/h1-5,8-15,18,33H,16-17H2. The van der Waals surface area contributed by atoms with E-state index >= 15 is 4.39 Å². The van der Waals surface area contributed by atoms with Gasteiger partial charge in [0.25, 0.3) is 5.56 Å². The molecule has 0 aliphatic carbocycles. The summed E-state index contributed by atoms with van der Waals surface area (Å²) in [5.74, 6) is 4.22. The van der Waals surface area contributed by atoms with Gasteiger partial charge in [0.05, 0.1) is 41.2 Å². The first kappa shape index (κ1) is 27.0. The van der Waals surface area contributed by atoms with Gasteiger partial charge in [-0.1, -0.05) is 40.9 Å². The predicted molar refractivity (Wildman–Crippen MR) is 155 cm³/mol. The van der Waals surface area contributed by atoms with Crippen molar-refractivity contribution >= 4 is 34.7 Å². The maximum absolute atomic E-state index is 16.1. The van der Waals surface area contributed by atoms with Gasteiger partial charge >= 0.3 is 5.91 Å². The maximum atomic E-state index is 16.1. The predicted octanol–water partition coefficient (Wildman–Crippen LogP) is 5.90. The van der Waals surface area contributed by atoms with E-state index in [-0.39, 0.29) is 35.9 Å². The number of benzene rings is 1. The van der Waals surface area contributed by atoms with Crippen molar-refractivity contribution in [2.24, 2.45) is 0 Å². The van der Waals surface area contributed by atoms with Gasteiger partial charge in [-0.05, 0) is 48.4 Å². The van der Waals surface area contributed by atoms with Gasteiger partial charge in [0.15, 0.2) is 17.3 Å². The second-order valence-corrected chi connectivity index (χ2v) is 10.7. The largest absolute Gasteiger partial charge is 0.472 e. The number of anilines is 1. The van der Waals surface area contributed by atoms with Crippen LogP contribution in [-0.4, -0.2) is 25.4 Å². The fourth-order valence-electron chi connectivity index (χ4n) is 4.17. The Morgan fingerprint density at radius 2 is 1.90 bits per heavy atom. The van der Waals surface area contributed by atoms with Gasteiger partial charge in [0, 0.05) is 22.1 Å². The number of carbonyl (C=O) groups excluding carboxylic acids is 1. The Hall–Kier alpha value is -5.18. The highest BCUT2D eigenvalue weighted by atomic mass is 35.5. The van der Waals surface area contributed by atoms with Crippen LogP contribution in [0.15, 0.2) is 99.3 Å². The molecule has 0 radical (unpaired) electrons. The Balaban J connectivity index is 1.45. The molecule has 6 aromatic rings. The van der Waals surface area contributed by atoms with E-state index in [4.69, 9.17) is 20.5 Å². The summed E-state index contributed by atoms with van der Waals surface area (Å²) < 4.78 is 28.9. The topological polar surface area (TPSA) is 108 Å². The van der Waals surface area contributed by atoms with Crippen LogP contribution in [0.3, 0.4) is 0 Å². The average molecular weight is 600 g/mol. The number of aromatic nitrogens is 4. The molecule has 9 nitrogen and oxygen atoms in total. The summed E-state index contributed by atoms with van der Waals surface area (Å²) in [6.45, 7) is 0.274. The van der Waals surface area contributed by atoms with Crippen molar-refractivity contribution in [1.82, 2.24) is 19.5 Å².